The van der Waals surface area contributed by atoms with Crippen LogP contribution >= 0.6 is 11.3 Å². The molecule has 1 N–H and O–H groups in total. The number of hydrogen-bond acceptors (Lipinski definition) is 4. The van der Waals surface area contributed by atoms with Gasteiger partial charge in [0.05, 0.1) is 6.61 Å². The van der Waals surface area contributed by atoms with Crippen LogP contribution in [0.25, 0.3) is 0 Å². The lowest BCUT2D eigenvalue weighted by Crippen LogP contribution is -2.52. The van der Waals surface area contributed by atoms with Crippen LogP contribution in [0.5, 0.6) is 0 Å². The Kier molecular flexibility index (Phi) is 5.11. The summed E-state index contributed by atoms with van der Waals surface area (Å²) in [5.41, 5.74) is 1.17. The maximum absolute atomic E-state index is 12.1. The number of carbonyl (C=O) groups excluding carboxylic acids is 1. The zero-order chi connectivity index (χ0) is 14.5. The van der Waals surface area contributed by atoms with Crippen molar-refractivity contribution < 1.29 is 9.53 Å². The van der Waals surface area contributed by atoms with E-state index in [1.165, 1.54) is 12.0 Å². The van der Waals surface area contributed by atoms with E-state index < -0.39 is 0 Å². The highest BCUT2D eigenvalue weighted by molar-refractivity contribution is 7.07. The lowest BCUT2D eigenvalue weighted by Gasteiger charge is -2.35. The topological polar surface area (TPSA) is 44.8 Å². The lowest BCUT2D eigenvalue weighted by molar-refractivity contribution is 0.119. The summed E-state index contributed by atoms with van der Waals surface area (Å²) < 4.78 is 5.42. The van der Waals surface area contributed by atoms with Gasteiger partial charge in [0.2, 0.25) is 0 Å². The quantitative estimate of drug-likeness (QED) is 0.919. The van der Waals surface area contributed by atoms with Gasteiger partial charge in [-0.15, -0.1) is 0 Å². The van der Waals surface area contributed by atoms with E-state index in [-0.39, 0.29) is 6.03 Å². The number of rotatable bonds is 4. The van der Waals surface area contributed by atoms with Crippen LogP contribution < -0.4 is 5.32 Å². The molecule has 0 aliphatic carbocycles. The van der Waals surface area contributed by atoms with Gasteiger partial charge in [-0.05, 0) is 34.7 Å². The molecule has 3 rings (SSSR count). The van der Waals surface area contributed by atoms with Crippen LogP contribution in [0.3, 0.4) is 0 Å². The van der Waals surface area contributed by atoms with E-state index in [4.69, 9.17) is 4.74 Å². The minimum Gasteiger partial charge on any atom is -0.381 e. The van der Waals surface area contributed by atoms with E-state index in [1.54, 1.807) is 11.3 Å². The highest BCUT2D eigenvalue weighted by Crippen LogP contribution is 2.15. The van der Waals surface area contributed by atoms with Crippen LogP contribution in [-0.2, 0) is 11.3 Å². The van der Waals surface area contributed by atoms with E-state index in [0.717, 1.165) is 45.9 Å². The summed E-state index contributed by atoms with van der Waals surface area (Å²) in [4.78, 5) is 16.5. The van der Waals surface area contributed by atoms with E-state index in [2.05, 4.69) is 15.6 Å². The molecule has 0 aromatic carbocycles. The molecule has 6 heteroatoms. The fourth-order valence-corrected chi connectivity index (χ4v) is 3.58. The first kappa shape index (κ1) is 14.8. The molecule has 3 heterocycles. The van der Waals surface area contributed by atoms with Gasteiger partial charge in [-0.1, -0.05) is 0 Å². The Labute approximate surface area is 129 Å². The maximum Gasteiger partial charge on any atom is 0.317 e. The second-order valence-electron chi connectivity index (χ2n) is 5.81. The van der Waals surface area contributed by atoms with Crippen molar-refractivity contribution in [2.24, 2.45) is 5.92 Å². The third-order valence-corrected chi connectivity index (χ3v) is 4.96. The van der Waals surface area contributed by atoms with Crippen molar-refractivity contribution in [1.29, 1.82) is 0 Å². The molecule has 0 spiro atoms. The predicted octanol–water partition coefficient (Wildman–Crippen LogP) is 1.61. The summed E-state index contributed by atoms with van der Waals surface area (Å²) in [6, 6.07) is 2.11. The van der Waals surface area contributed by atoms with Crippen molar-refractivity contribution in [3.05, 3.63) is 22.4 Å². The fraction of sp³-hybridized carbons (Fsp3) is 0.667. The molecular formula is C15H23N3O2S. The molecule has 116 valence electrons. The average molecular weight is 309 g/mol. The van der Waals surface area contributed by atoms with Crippen molar-refractivity contribution in [2.75, 3.05) is 45.9 Å². The highest BCUT2D eigenvalue weighted by Gasteiger charge is 2.24. The van der Waals surface area contributed by atoms with Gasteiger partial charge in [-0.3, -0.25) is 4.90 Å². The van der Waals surface area contributed by atoms with Crippen molar-refractivity contribution in [3.63, 3.8) is 0 Å². The van der Waals surface area contributed by atoms with E-state index >= 15 is 0 Å². The molecule has 2 amide bonds. The molecule has 0 radical (unpaired) electrons. The summed E-state index contributed by atoms with van der Waals surface area (Å²) in [6.07, 6.45) is 1.18. The Hall–Kier alpha value is -1.11. The van der Waals surface area contributed by atoms with Crippen molar-refractivity contribution in [2.45, 2.75) is 13.0 Å². The van der Waals surface area contributed by atoms with Crippen LogP contribution in [-0.4, -0.2) is 61.8 Å². The van der Waals surface area contributed by atoms with Crippen molar-refractivity contribution in [3.8, 4) is 0 Å². The minimum atomic E-state index is 0.0602. The molecule has 1 aromatic rings. The summed E-state index contributed by atoms with van der Waals surface area (Å²) in [5, 5.41) is 7.10. The number of amides is 2. The predicted molar refractivity (Wildman–Crippen MR) is 83.5 cm³/mol. The summed E-state index contributed by atoms with van der Waals surface area (Å²) >= 11 is 1.66. The van der Waals surface area contributed by atoms with Gasteiger partial charge in [0, 0.05) is 45.9 Å². The molecule has 2 aliphatic heterocycles. The largest absolute Gasteiger partial charge is 0.381 e. The van der Waals surface area contributed by atoms with Crippen LogP contribution in [0.15, 0.2) is 16.8 Å². The zero-order valence-electron chi connectivity index (χ0n) is 12.3. The van der Waals surface area contributed by atoms with Gasteiger partial charge in [0.1, 0.15) is 0 Å². The molecule has 0 saturated carbocycles. The number of ether oxygens (including phenoxy) is 1. The molecule has 0 bridgehead atoms. The number of thiophene rings is 1. The second-order valence-corrected chi connectivity index (χ2v) is 6.59. The minimum absolute atomic E-state index is 0.0602. The standard InChI is InChI=1S/C15H23N3O2S/c19-15(16-9-13-2-8-21-12-13)18-5-3-17(4-6-18)10-14-1-7-20-11-14/h2,8,12,14H,1,3-7,9-11H2,(H,16,19). The van der Waals surface area contributed by atoms with Crippen LogP contribution in [0, 0.1) is 5.92 Å². The highest BCUT2D eigenvalue weighted by atomic mass is 32.1. The molecule has 2 aliphatic rings. The lowest BCUT2D eigenvalue weighted by atomic mass is 10.1. The van der Waals surface area contributed by atoms with Crippen LogP contribution in [0.1, 0.15) is 12.0 Å². The first-order valence-electron chi connectivity index (χ1n) is 7.65. The van der Waals surface area contributed by atoms with E-state index in [0.29, 0.717) is 12.5 Å². The Morgan fingerprint density at radius 2 is 2.24 bits per heavy atom. The Bertz CT molecular complexity index is 438. The van der Waals surface area contributed by atoms with Gasteiger partial charge in [0.15, 0.2) is 0 Å². The first-order valence-corrected chi connectivity index (χ1v) is 8.59. The monoisotopic (exact) mass is 309 g/mol. The molecule has 1 atom stereocenters. The third-order valence-electron chi connectivity index (χ3n) is 4.22. The average Bonchev–Trinajstić information content (AvgIpc) is 3.19. The molecule has 2 fully saturated rings. The van der Waals surface area contributed by atoms with Gasteiger partial charge < -0.3 is 15.0 Å². The van der Waals surface area contributed by atoms with E-state index in [9.17, 15) is 4.79 Å². The van der Waals surface area contributed by atoms with E-state index in [1.807, 2.05) is 16.3 Å². The Balaban J connectivity index is 1.37. The Morgan fingerprint density at radius 3 is 2.90 bits per heavy atom. The molecule has 1 aromatic heterocycles. The molecule has 21 heavy (non-hydrogen) atoms. The third kappa shape index (κ3) is 4.18. The number of nitrogens with one attached hydrogen (secondary N) is 1. The van der Waals surface area contributed by atoms with Gasteiger partial charge >= 0.3 is 6.03 Å². The Morgan fingerprint density at radius 1 is 1.38 bits per heavy atom. The fourth-order valence-electron chi connectivity index (χ4n) is 2.91. The van der Waals surface area contributed by atoms with Crippen molar-refractivity contribution in [1.82, 2.24) is 15.1 Å². The summed E-state index contributed by atoms with van der Waals surface area (Å²) in [6.45, 7) is 7.15. The van der Waals surface area contributed by atoms with Crippen molar-refractivity contribution >= 4 is 17.4 Å². The number of nitrogens with zero attached hydrogens (tertiary/aromatic N) is 2. The number of piperazine rings is 1. The molecule has 5 nitrogen and oxygen atoms in total. The number of hydrogen-bond donors (Lipinski definition) is 1. The zero-order valence-corrected chi connectivity index (χ0v) is 13.1. The smallest absolute Gasteiger partial charge is 0.317 e. The van der Waals surface area contributed by atoms with Crippen LogP contribution in [0.4, 0.5) is 4.79 Å². The number of carbonyl (C=O) groups is 1. The van der Waals surface area contributed by atoms with Gasteiger partial charge in [0.25, 0.3) is 0 Å². The van der Waals surface area contributed by atoms with Gasteiger partial charge in [-0.25, -0.2) is 4.79 Å². The molecule has 1 unspecified atom stereocenters. The second kappa shape index (κ2) is 7.24. The number of urea groups is 1. The normalized spacial score (nSPS) is 23.4. The first-order chi connectivity index (χ1) is 10.3. The van der Waals surface area contributed by atoms with Gasteiger partial charge in [-0.2, -0.15) is 11.3 Å². The molecule has 2 saturated heterocycles. The SMILES string of the molecule is O=C(NCc1ccsc1)N1CCN(CC2CCOC2)CC1. The summed E-state index contributed by atoms with van der Waals surface area (Å²) in [7, 11) is 0. The molecular weight excluding hydrogens is 286 g/mol. The maximum atomic E-state index is 12.1. The van der Waals surface area contributed by atoms with Crippen LogP contribution in [0.2, 0.25) is 0 Å². The summed E-state index contributed by atoms with van der Waals surface area (Å²) in [5.74, 6) is 0.684.